The highest BCUT2D eigenvalue weighted by atomic mass is 16.5. The minimum atomic E-state index is -0.976. The molecule has 0 aromatic heterocycles. The number of hydrogen-bond donors (Lipinski definition) is 1. The molecule has 0 bridgehead atoms. The third-order valence-corrected chi connectivity index (χ3v) is 3.67. The molecule has 1 unspecified atom stereocenters. The monoisotopic (exact) mass is 298 g/mol. The van der Waals surface area contributed by atoms with Crippen molar-refractivity contribution in [2.45, 2.75) is 12.5 Å². The Morgan fingerprint density at radius 2 is 2.09 bits per heavy atom. The Labute approximate surface area is 127 Å². The fourth-order valence-corrected chi connectivity index (χ4v) is 2.57. The van der Waals surface area contributed by atoms with Crippen LogP contribution in [0.1, 0.15) is 37.9 Å². The number of carboxylic acids is 1. The molecule has 1 N–H and O–H groups in total. The van der Waals surface area contributed by atoms with E-state index in [-0.39, 0.29) is 11.5 Å². The molecule has 5 nitrogen and oxygen atoms in total. The van der Waals surface area contributed by atoms with Crippen molar-refractivity contribution in [3.63, 3.8) is 0 Å². The number of methoxy groups -OCH3 is 1. The van der Waals surface area contributed by atoms with Crippen LogP contribution in [-0.4, -0.2) is 24.2 Å². The highest BCUT2D eigenvalue weighted by Gasteiger charge is 2.31. The lowest BCUT2D eigenvalue weighted by molar-refractivity contribution is 0.0386. The molecule has 5 heteroatoms. The van der Waals surface area contributed by atoms with Gasteiger partial charge >= 0.3 is 11.9 Å². The molecule has 1 aliphatic rings. The summed E-state index contributed by atoms with van der Waals surface area (Å²) in [6.45, 7) is 0. The van der Waals surface area contributed by atoms with Crippen LogP contribution < -0.4 is 4.74 Å². The van der Waals surface area contributed by atoms with E-state index < -0.39 is 12.1 Å². The normalized spacial score (nSPS) is 16.0. The van der Waals surface area contributed by atoms with Gasteiger partial charge in [-0.25, -0.2) is 9.59 Å². The number of carbonyl (C=O) groups is 2. The van der Waals surface area contributed by atoms with E-state index in [1.165, 1.54) is 13.2 Å². The van der Waals surface area contributed by atoms with E-state index >= 15 is 0 Å². The van der Waals surface area contributed by atoms with Crippen molar-refractivity contribution < 1.29 is 24.2 Å². The molecule has 2 aromatic rings. The maximum absolute atomic E-state index is 11.9. The largest absolute Gasteiger partial charge is 0.497 e. The van der Waals surface area contributed by atoms with Crippen LogP contribution in [-0.2, 0) is 11.2 Å². The van der Waals surface area contributed by atoms with Crippen LogP contribution in [0.5, 0.6) is 5.75 Å². The Bertz CT molecular complexity index is 750. The third-order valence-electron chi connectivity index (χ3n) is 3.67. The number of hydrogen-bond acceptors (Lipinski definition) is 4. The minimum Gasteiger partial charge on any atom is -0.497 e. The lowest BCUT2D eigenvalue weighted by Gasteiger charge is -2.11. The minimum absolute atomic E-state index is 0.219. The summed E-state index contributed by atoms with van der Waals surface area (Å²) in [6, 6.07) is 11.9. The van der Waals surface area contributed by atoms with E-state index in [9.17, 15) is 9.59 Å². The van der Waals surface area contributed by atoms with E-state index in [2.05, 4.69) is 0 Å². The van der Waals surface area contributed by atoms with E-state index in [0.29, 0.717) is 17.7 Å². The van der Waals surface area contributed by atoms with Gasteiger partial charge in [0, 0.05) is 12.0 Å². The molecule has 0 aliphatic carbocycles. The fraction of sp³-hybridized carbons (Fsp3) is 0.176. The average molecular weight is 298 g/mol. The molecular weight excluding hydrogens is 284 g/mol. The van der Waals surface area contributed by atoms with Crippen LogP contribution in [0.15, 0.2) is 42.5 Å². The first-order valence-corrected chi connectivity index (χ1v) is 6.79. The molecule has 0 amide bonds. The van der Waals surface area contributed by atoms with Gasteiger partial charge < -0.3 is 14.6 Å². The number of benzene rings is 2. The van der Waals surface area contributed by atoms with Gasteiger partial charge in [-0.3, -0.25) is 0 Å². The number of aromatic carboxylic acids is 1. The first kappa shape index (κ1) is 14.1. The number of carbonyl (C=O) groups excluding carboxylic acids is 1. The molecule has 0 saturated heterocycles. The topological polar surface area (TPSA) is 72.8 Å². The quantitative estimate of drug-likeness (QED) is 0.879. The van der Waals surface area contributed by atoms with Gasteiger partial charge in [0.05, 0.1) is 18.2 Å². The van der Waals surface area contributed by atoms with E-state index in [0.717, 1.165) is 11.1 Å². The summed E-state index contributed by atoms with van der Waals surface area (Å²) in [5.41, 5.74) is 2.32. The standard InChI is InChI=1S/C17H14O5/c1-21-12-5-6-13-14(9-12)17(20)22-15(13)8-10-3-2-4-11(7-10)16(18)19/h2-7,9,15H,8H2,1H3,(H,18,19). The number of carboxylic acid groups (broad SMARTS) is 1. The van der Waals surface area contributed by atoms with Crippen molar-refractivity contribution in [1.82, 2.24) is 0 Å². The Kier molecular flexibility index (Phi) is 3.55. The van der Waals surface area contributed by atoms with Gasteiger partial charge in [0.25, 0.3) is 0 Å². The zero-order valence-electron chi connectivity index (χ0n) is 11.9. The Morgan fingerprint density at radius 1 is 1.27 bits per heavy atom. The van der Waals surface area contributed by atoms with Gasteiger partial charge in [0.2, 0.25) is 0 Å². The molecule has 0 saturated carbocycles. The van der Waals surface area contributed by atoms with E-state index in [1.807, 2.05) is 12.1 Å². The van der Waals surface area contributed by atoms with Gasteiger partial charge in [-0.2, -0.15) is 0 Å². The third kappa shape index (κ3) is 2.53. The van der Waals surface area contributed by atoms with E-state index in [1.54, 1.807) is 24.3 Å². The van der Waals surface area contributed by atoms with Gasteiger partial charge in [0.1, 0.15) is 11.9 Å². The number of cyclic esters (lactones) is 1. The summed E-state index contributed by atoms with van der Waals surface area (Å²) < 4.78 is 10.5. The smallest absolute Gasteiger partial charge is 0.339 e. The summed E-state index contributed by atoms with van der Waals surface area (Å²) in [5.74, 6) is -0.757. The highest BCUT2D eigenvalue weighted by molar-refractivity contribution is 5.94. The van der Waals surface area contributed by atoms with Crippen molar-refractivity contribution in [3.05, 3.63) is 64.7 Å². The maximum Gasteiger partial charge on any atom is 0.339 e. The van der Waals surface area contributed by atoms with Crippen LogP contribution in [0.3, 0.4) is 0 Å². The predicted molar refractivity (Wildman–Crippen MR) is 78.3 cm³/mol. The molecule has 0 fully saturated rings. The van der Waals surface area contributed by atoms with Gasteiger partial charge in [-0.05, 0) is 29.8 Å². The summed E-state index contributed by atoms with van der Waals surface area (Å²) in [5, 5.41) is 9.03. The Hall–Kier alpha value is -2.82. The Balaban J connectivity index is 1.88. The second-order valence-electron chi connectivity index (χ2n) is 5.06. The highest BCUT2D eigenvalue weighted by Crippen LogP contribution is 2.35. The van der Waals surface area contributed by atoms with Gasteiger partial charge in [-0.15, -0.1) is 0 Å². The zero-order chi connectivity index (χ0) is 15.7. The summed E-state index contributed by atoms with van der Waals surface area (Å²) >= 11 is 0. The zero-order valence-corrected chi connectivity index (χ0v) is 11.9. The van der Waals surface area contributed by atoms with Crippen molar-refractivity contribution in [3.8, 4) is 5.75 Å². The first-order chi connectivity index (χ1) is 10.6. The average Bonchev–Trinajstić information content (AvgIpc) is 2.83. The van der Waals surface area contributed by atoms with Crippen molar-refractivity contribution in [2.75, 3.05) is 7.11 Å². The van der Waals surface area contributed by atoms with Crippen molar-refractivity contribution in [2.24, 2.45) is 0 Å². The summed E-state index contributed by atoms with van der Waals surface area (Å²) in [6.07, 6.45) is 0.0316. The molecule has 22 heavy (non-hydrogen) atoms. The molecule has 1 aliphatic heterocycles. The van der Waals surface area contributed by atoms with Crippen LogP contribution >= 0.6 is 0 Å². The van der Waals surface area contributed by atoms with Crippen LogP contribution in [0, 0.1) is 0 Å². The fourth-order valence-electron chi connectivity index (χ4n) is 2.57. The molecular formula is C17H14O5. The molecule has 3 rings (SSSR count). The SMILES string of the molecule is COc1ccc2c(c1)C(=O)OC2Cc1cccc(C(=O)O)c1. The molecule has 0 spiro atoms. The number of ether oxygens (including phenoxy) is 2. The number of fused-ring (bicyclic) bond motifs is 1. The lowest BCUT2D eigenvalue weighted by Crippen LogP contribution is -2.04. The van der Waals surface area contributed by atoms with Crippen molar-refractivity contribution in [1.29, 1.82) is 0 Å². The van der Waals surface area contributed by atoms with Gasteiger partial charge in [-0.1, -0.05) is 18.2 Å². The van der Waals surface area contributed by atoms with Crippen LogP contribution in [0.25, 0.3) is 0 Å². The van der Waals surface area contributed by atoms with Gasteiger partial charge in [0.15, 0.2) is 0 Å². The van der Waals surface area contributed by atoms with Crippen molar-refractivity contribution >= 4 is 11.9 Å². The molecule has 2 aromatic carbocycles. The molecule has 0 radical (unpaired) electrons. The lowest BCUT2D eigenvalue weighted by atomic mass is 9.98. The van der Waals surface area contributed by atoms with Crippen LogP contribution in [0.2, 0.25) is 0 Å². The maximum atomic E-state index is 11.9. The molecule has 112 valence electrons. The second kappa shape index (κ2) is 5.52. The number of rotatable bonds is 4. The van der Waals surface area contributed by atoms with E-state index in [4.69, 9.17) is 14.6 Å². The predicted octanol–water partition coefficient (Wildman–Crippen LogP) is 2.85. The van der Waals surface area contributed by atoms with Crippen LogP contribution in [0.4, 0.5) is 0 Å². The molecule has 1 atom stereocenters. The first-order valence-electron chi connectivity index (χ1n) is 6.79. The summed E-state index contributed by atoms with van der Waals surface area (Å²) in [4.78, 5) is 22.9. The molecule has 1 heterocycles. The number of esters is 1. The Morgan fingerprint density at radius 3 is 2.82 bits per heavy atom. The second-order valence-corrected chi connectivity index (χ2v) is 5.06. The summed E-state index contributed by atoms with van der Waals surface area (Å²) in [7, 11) is 1.54.